The van der Waals surface area contributed by atoms with Crippen LogP contribution in [0.3, 0.4) is 0 Å². The number of amides is 1. The number of carbonyl (C=O) groups excluding carboxylic acids is 1. The highest BCUT2D eigenvalue weighted by Gasteiger charge is 2.20. The number of nitrogens with one attached hydrogen (secondary N) is 1. The quantitative estimate of drug-likeness (QED) is 0.277. The maximum absolute atomic E-state index is 13.1. The number of rotatable bonds is 4. The molecule has 5 rings (SSSR count). The second-order valence-corrected chi connectivity index (χ2v) is 8.90. The lowest BCUT2D eigenvalue weighted by atomic mass is 10.1. The fraction of sp³-hybridized carbons (Fsp3) is 0.0385. The molecule has 7 heteroatoms. The Balaban J connectivity index is 1.56. The Kier molecular flexibility index (Phi) is 5.70. The zero-order valence-corrected chi connectivity index (χ0v) is 19.9. The predicted octanol–water partition coefficient (Wildman–Crippen LogP) is 7.06. The maximum Gasteiger partial charge on any atom is 0.295 e. The summed E-state index contributed by atoms with van der Waals surface area (Å²) < 4.78 is 2.62. The Morgan fingerprint density at radius 1 is 0.939 bits per heavy atom. The molecule has 1 N–H and O–H groups in total. The van der Waals surface area contributed by atoms with Crippen LogP contribution in [-0.4, -0.2) is 20.7 Å². The van der Waals surface area contributed by atoms with Gasteiger partial charge in [0.05, 0.1) is 5.69 Å². The summed E-state index contributed by atoms with van der Waals surface area (Å²) in [6.45, 7) is 1.92. The van der Waals surface area contributed by atoms with Gasteiger partial charge in [0.25, 0.3) is 5.91 Å². The molecule has 5 nitrogen and oxygen atoms in total. The third kappa shape index (κ3) is 4.27. The van der Waals surface area contributed by atoms with Crippen LogP contribution in [0.4, 0.5) is 5.69 Å². The molecule has 33 heavy (non-hydrogen) atoms. The lowest BCUT2D eigenvalue weighted by molar-refractivity contribution is 0.101. The van der Waals surface area contributed by atoms with Crippen LogP contribution < -0.4 is 5.32 Å². The average molecular weight is 518 g/mol. The number of carbonyl (C=O) groups is 1. The average Bonchev–Trinajstić information content (AvgIpc) is 3.27. The fourth-order valence-corrected chi connectivity index (χ4v) is 4.08. The highest BCUT2D eigenvalue weighted by atomic mass is 79.9. The summed E-state index contributed by atoms with van der Waals surface area (Å²) in [5, 5.41) is 10.2. The summed E-state index contributed by atoms with van der Waals surface area (Å²) in [4.78, 5) is 17.7. The highest BCUT2D eigenvalue weighted by Crippen LogP contribution is 2.28. The lowest BCUT2D eigenvalue weighted by Gasteiger charge is -2.10. The summed E-state index contributed by atoms with van der Waals surface area (Å²) in [5.74, 6) is 0.235. The first kappa shape index (κ1) is 21.4. The van der Waals surface area contributed by atoms with E-state index in [1.54, 1.807) is 4.68 Å². The standard InChI is InChI=1S/C26H18BrClN4O/c1-16-22(28)7-4-8-23(16)32-25(18-9-12-20(27)13-10-18)30-24(31-32)26(33)29-21-14-11-17-5-2-3-6-19(17)15-21/h2-15H,1H3,(H,29,33). The number of hydrogen-bond donors (Lipinski definition) is 1. The van der Waals surface area contributed by atoms with Crippen molar-refractivity contribution in [3.8, 4) is 17.1 Å². The van der Waals surface area contributed by atoms with E-state index in [1.165, 1.54) is 0 Å². The number of fused-ring (bicyclic) bond motifs is 1. The summed E-state index contributed by atoms with van der Waals surface area (Å²) in [6.07, 6.45) is 0. The highest BCUT2D eigenvalue weighted by molar-refractivity contribution is 9.10. The van der Waals surface area contributed by atoms with Crippen LogP contribution in [0.5, 0.6) is 0 Å². The summed E-state index contributed by atoms with van der Waals surface area (Å²) in [5.41, 5.74) is 3.12. The molecular formula is C26H18BrClN4O. The van der Waals surface area contributed by atoms with Gasteiger partial charge in [-0.2, -0.15) is 0 Å². The molecule has 0 unspecified atom stereocenters. The predicted molar refractivity (Wildman–Crippen MR) is 136 cm³/mol. The fourth-order valence-electron chi connectivity index (χ4n) is 3.64. The minimum atomic E-state index is -0.387. The van der Waals surface area contributed by atoms with Crippen LogP contribution in [0.25, 0.3) is 27.8 Å². The molecule has 0 spiro atoms. The van der Waals surface area contributed by atoms with Gasteiger partial charge in [-0.05, 0) is 59.7 Å². The second-order valence-electron chi connectivity index (χ2n) is 7.58. The van der Waals surface area contributed by atoms with E-state index in [-0.39, 0.29) is 11.7 Å². The Morgan fingerprint density at radius 3 is 2.48 bits per heavy atom. The normalized spacial score (nSPS) is 11.0. The molecule has 1 amide bonds. The maximum atomic E-state index is 13.1. The number of anilines is 1. The van der Waals surface area contributed by atoms with Crippen LogP contribution >= 0.6 is 27.5 Å². The van der Waals surface area contributed by atoms with E-state index >= 15 is 0 Å². The molecule has 5 aromatic rings. The van der Waals surface area contributed by atoms with Crippen LogP contribution in [0.2, 0.25) is 5.02 Å². The van der Waals surface area contributed by atoms with E-state index in [2.05, 4.69) is 31.3 Å². The monoisotopic (exact) mass is 516 g/mol. The van der Waals surface area contributed by atoms with Gasteiger partial charge in [0.2, 0.25) is 5.82 Å². The van der Waals surface area contributed by atoms with Crippen molar-refractivity contribution in [1.29, 1.82) is 0 Å². The number of nitrogens with zero attached hydrogens (tertiary/aromatic N) is 3. The van der Waals surface area contributed by atoms with Gasteiger partial charge in [-0.1, -0.05) is 76.1 Å². The molecule has 0 atom stereocenters. The molecular weight excluding hydrogens is 500 g/mol. The van der Waals surface area contributed by atoms with Crippen molar-refractivity contribution in [2.45, 2.75) is 6.92 Å². The largest absolute Gasteiger partial charge is 0.319 e. The van der Waals surface area contributed by atoms with E-state index in [1.807, 2.05) is 91.9 Å². The molecule has 1 aromatic heterocycles. The van der Waals surface area contributed by atoms with Gasteiger partial charge in [0.15, 0.2) is 5.82 Å². The topological polar surface area (TPSA) is 59.8 Å². The number of benzene rings is 4. The van der Waals surface area contributed by atoms with Gasteiger partial charge < -0.3 is 5.32 Å². The van der Waals surface area contributed by atoms with Gasteiger partial charge in [0, 0.05) is 20.7 Å². The van der Waals surface area contributed by atoms with Crippen molar-refractivity contribution in [2.75, 3.05) is 5.32 Å². The van der Waals surface area contributed by atoms with Gasteiger partial charge >= 0.3 is 0 Å². The molecule has 0 aliphatic carbocycles. The summed E-state index contributed by atoms with van der Waals surface area (Å²) in [7, 11) is 0. The second kappa shape index (κ2) is 8.81. The van der Waals surface area contributed by atoms with Crippen molar-refractivity contribution >= 4 is 49.9 Å². The first-order chi connectivity index (χ1) is 16.0. The molecule has 162 valence electrons. The van der Waals surface area contributed by atoms with Gasteiger partial charge in [0.1, 0.15) is 0 Å². The van der Waals surface area contributed by atoms with Crippen molar-refractivity contribution in [2.24, 2.45) is 0 Å². The molecule has 1 heterocycles. The van der Waals surface area contributed by atoms with Crippen molar-refractivity contribution < 1.29 is 4.79 Å². The lowest BCUT2D eigenvalue weighted by Crippen LogP contribution is -2.14. The van der Waals surface area contributed by atoms with Crippen molar-refractivity contribution in [3.63, 3.8) is 0 Å². The Hall–Kier alpha value is -3.48. The minimum Gasteiger partial charge on any atom is -0.319 e. The molecule has 0 fully saturated rings. The SMILES string of the molecule is Cc1c(Cl)cccc1-n1nc(C(=O)Nc2ccc3ccccc3c2)nc1-c1ccc(Br)cc1. The smallest absolute Gasteiger partial charge is 0.295 e. The Morgan fingerprint density at radius 2 is 1.70 bits per heavy atom. The molecule has 0 bridgehead atoms. The number of halogens is 2. The Bertz CT molecular complexity index is 1490. The summed E-state index contributed by atoms with van der Waals surface area (Å²) >= 11 is 9.82. The number of hydrogen-bond acceptors (Lipinski definition) is 3. The molecule has 0 saturated heterocycles. The van der Waals surface area contributed by atoms with E-state index in [0.717, 1.165) is 32.1 Å². The van der Waals surface area contributed by atoms with Gasteiger partial charge in [-0.15, -0.1) is 5.10 Å². The third-order valence-electron chi connectivity index (χ3n) is 5.39. The zero-order valence-electron chi connectivity index (χ0n) is 17.6. The van der Waals surface area contributed by atoms with Crippen LogP contribution in [0, 0.1) is 6.92 Å². The zero-order chi connectivity index (χ0) is 22.9. The van der Waals surface area contributed by atoms with Crippen LogP contribution in [0.15, 0.2) is 89.4 Å². The van der Waals surface area contributed by atoms with E-state index in [4.69, 9.17) is 11.6 Å². The Labute approximate surface area is 204 Å². The van der Waals surface area contributed by atoms with Crippen LogP contribution in [0.1, 0.15) is 16.2 Å². The molecule has 4 aromatic carbocycles. The van der Waals surface area contributed by atoms with E-state index in [0.29, 0.717) is 16.5 Å². The first-order valence-electron chi connectivity index (χ1n) is 10.3. The van der Waals surface area contributed by atoms with Crippen molar-refractivity contribution in [1.82, 2.24) is 14.8 Å². The molecule has 0 aliphatic rings. The molecule has 0 radical (unpaired) electrons. The van der Waals surface area contributed by atoms with E-state index in [9.17, 15) is 4.79 Å². The first-order valence-corrected chi connectivity index (χ1v) is 11.5. The van der Waals surface area contributed by atoms with Gasteiger partial charge in [-0.3, -0.25) is 4.79 Å². The van der Waals surface area contributed by atoms with E-state index < -0.39 is 0 Å². The molecule has 0 saturated carbocycles. The number of aromatic nitrogens is 3. The van der Waals surface area contributed by atoms with Gasteiger partial charge in [-0.25, -0.2) is 9.67 Å². The molecule has 0 aliphatic heterocycles. The van der Waals surface area contributed by atoms with Crippen molar-refractivity contribution in [3.05, 3.63) is 106 Å². The minimum absolute atomic E-state index is 0.0699. The summed E-state index contributed by atoms with van der Waals surface area (Å²) in [6, 6.07) is 27.0. The van der Waals surface area contributed by atoms with Crippen LogP contribution in [-0.2, 0) is 0 Å². The third-order valence-corrected chi connectivity index (χ3v) is 6.33.